The number of alkyl halides is 1. The van der Waals surface area contributed by atoms with Crippen molar-refractivity contribution in [1.82, 2.24) is 9.97 Å². The van der Waals surface area contributed by atoms with E-state index in [-0.39, 0.29) is 0 Å². The third-order valence-electron chi connectivity index (χ3n) is 2.61. The summed E-state index contributed by atoms with van der Waals surface area (Å²) in [6.07, 6.45) is 4.57. The molecule has 0 radical (unpaired) electrons. The maximum absolute atomic E-state index is 5.67. The fourth-order valence-electron chi connectivity index (χ4n) is 1.59. The van der Waals surface area contributed by atoms with Crippen LogP contribution in [0.25, 0.3) is 0 Å². The first-order chi connectivity index (χ1) is 7.31. The van der Waals surface area contributed by atoms with E-state index in [2.05, 4.69) is 14.9 Å². The number of hydrogen-bond donors (Lipinski definition) is 0. The summed E-state index contributed by atoms with van der Waals surface area (Å²) in [6.45, 7) is 1.59. The minimum absolute atomic E-state index is 0.395. The van der Waals surface area contributed by atoms with Crippen LogP contribution in [0.15, 0.2) is 12.4 Å². The first-order valence-corrected chi connectivity index (χ1v) is 5.52. The average molecular weight is 228 g/mol. The summed E-state index contributed by atoms with van der Waals surface area (Å²) in [7, 11) is 2.00. The molecule has 4 nitrogen and oxygen atoms in total. The smallest absolute Gasteiger partial charge is 0.225 e. The summed E-state index contributed by atoms with van der Waals surface area (Å²) in [6, 6.07) is 0.395. The molecule has 1 aliphatic heterocycles. The van der Waals surface area contributed by atoms with Gasteiger partial charge < -0.3 is 9.64 Å². The number of rotatable bonds is 3. The van der Waals surface area contributed by atoms with Gasteiger partial charge in [-0.25, -0.2) is 9.97 Å². The molecule has 0 bridgehead atoms. The van der Waals surface area contributed by atoms with Crippen LogP contribution in [0.4, 0.5) is 5.95 Å². The van der Waals surface area contributed by atoms with Crippen LogP contribution in [-0.2, 0) is 10.6 Å². The van der Waals surface area contributed by atoms with Crippen molar-refractivity contribution in [1.29, 1.82) is 0 Å². The third-order valence-corrected chi connectivity index (χ3v) is 2.92. The van der Waals surface area contributed by atoms with Crippen molar-refractivity contribution in [2.75, 3.05) is 25.2 Å². The Hall–Kier alpha value is -0.870. The lowest BCUT2D eigenvalue weighted by Crippen LogP contribution is -2.33. The van der Waals surface area contributed by atoms with Gasteiger partial charge in [0.15, 0.2) is 0 Å². The van der Waals surface area contributed by atoms with Crippen molar-refractivity contribution in [3.05, 3.63) is 18.0 Å². The van der Waals surface area contributed by atoms with E-state index in [4.69, 9.17) is 16.3 Å². The molecule has 1 unspecified atom stereocenters. The lowest BCUT2D eigenvalue weighted by atomic mass is 10.2. The number of ether oxygens (including phenoxy) is 1. The van der Waals surface area contributed by atoms with Gasteiger partial charge in [0, 0.05) is 31.6 Å². The van der Waals surface area contributed by atoms with Crippen molar-refractivity contribution in [2.24, 2.45) is 0 Å². The molecule has 0 amide bonds. The first-order valence-electron chi connectivity index (χ1n) is 4.98. The molecule has 0 aliphatic carbocycles. The van der Waals surface area contributed by atoms with Crippen LogP contribution in [0.3, 0.4) is 0 Å². The first kappa shape index (κ1) is 10.6. The van der Waals surface area contributed by atoms with Gasteiger partial charge >= 0.3 is 0 Å². The topological polar surface area (TPSA) is 38.2 Å². The zero-order valence-corrected chi connectivity index (χ0v) is 9.44. The molecule has 1 aromatic rings. The van der Waals surface area contributed by atoms with Gasteiger partial charge in [-0.05, 0) is 6.42 Å². The Morgan fingerprint density at radius 2 is 2.27 bits per heavy atom. The van der Waals surface area contributed by atoms with Gasteiger partial charge in [-0.2, -0.15) is 0 Å². The summed E-state index contributed by atoms with van der Waals surface area (Å²) in [4.78, 5) is 10.6. The molecule has 1 fully saturated rings. The average Bonchev–Trinajstić information content (AvgIpc) is 2.82. The normalized spacial score (nSPS) is 20.5. The van der Waals surface area contributed by atoms with E-state index in [1.54, 1.807) is 12.4 Å². The van der Waals surface area contributed by atoms with Gasteiger partial charge in [0.05, 0.1) is 18.5 Å². The molecule has 5 heteroatoms. The number of halogens is 1. The van der Waals surface area contributed by atoms with E-state index in [1.807, 2.05) is 7.05 Å². The van der Waals surface area contributed by atoms with E-state index in [1.165, 1.54) is 0 Å². The highest BCUT2D eigenvalue weighted by molar-refractivity contribution is 6.17. The predicted molar refractivity (Wildman–Crippen MR) is 59.2 cm³/mol. The summed E-state index contributed by atoms with van der Waals surface area (Å²) in [5.74, 6) is 1.19. The van der Waals surface area contributed by atoms with Crippen LogP contribution in [0.5, 0.6) is 0 Å². The Bertz CT molecular complexity index is 311. The number of likely N-dealkylation sites (N-methyl/N-ethyl adjacent to an activating group) is 1. The SMILES string of the molecule is CN(c1ncc(CCl)cn1)C1CCOC1. The summed E-state index contributed by atoms with van der Waals surface area (Å²) in [5, 5.41) is 0. The Labute approximate surface area is 94.2 Å². The van der Waals surface area contributed by atoms with Crippen molar-refractivity contribution in [2.45, 2.75) is 18.3 Å². The summed E-state index contributed by atoms with van der Waals surface area (Å²) >= 11 is 5.67. The van der Waals surface area contributed by atoms with Gasteiger partial charge in [0.1, 0.15) is 0 Å². The number of anilines is 1. The van der Waals surface area contributed by atoms with E-state index in [0.717, 1.165) is 31.1 Å². The minimum atomic E-state index is 0.395. The van der Waals surface area contributed by atoms with E-state index >= 15 is 0 Å². The Morgan fingerprint density at radius 1 is 1.53 bits per heavy atom. The molecular formula is C10H14ClN3O. The lowest BCUT2D eigenvalue weighted by Gasteiger charge is -2.22. The summed E-state index contributed by atoms with van der Waals surface area (Å²) < 4.78 is 5.33. The second-order valence-corrected chi connectivity index (χ2v) is 3.92. The molecule has 1 aliphatic rings. The standard InChI is InChI=1S/C10H14ClN3O/c1-14(9-2-3-15-7-9)10-12-5-8(4-11)6-13-10/h5-6,9H,2-4,7H2,1H3. The highest BCUT2D eigenvalue weighted by Crippen LogP contribution is 2.16. The quantitative estimate of drug-likeness (QED) is 0.733. The highest BCUT2D eigenvalue weighted by Gasteiger charge is 2.21. The maximum atomic E-state index is 5.67. The summed E-state index contributed by atoms with van der Waals surface area (Å²) in [5.41, 5.74) is 0.941. The van der Waals surface area contributed by atoms with Crippen molar-refractivity contribution < 1.29 is 4.74 Å². The van der Waals surface area contributed by atoms with Crippen LogP contribution >= 0.6 is 11.6 Å². The molecule has 15 heavy (non-hydrogen) atoms. The van der Waals surface area contributed by atoms with Crippen LogP contribution in [0, 0.1) is 0 Å². The molecule has 2 heterocycles. The van der Waals surface area contributed by atoms with Crippen LogP contribution in [0.1, 0.15) is 12.0 Å². The van der Waals surface area contributed by atoms with Crippen molar-refractivity contribution >= 4 is 17.5 Å². The number of aromatic nitrogens is 2. The Balaban J connectivity index is 2.07. The fraction of sp³-hybridized carbons (Fsp3) is 0.600. The number of nitrogens with zero attached hydrogens (tertiary/aromatic N) is 3. The zero-order valence-electron chi connectivity index (χ0n) is 8.69. The molecule has 0 aromatic carbocycles. The van der Waals surface area contributed by atoms with E-state index in [0.29, 0.717) is 11.9 Å². The second kappa shape index (κ2) is 4.77. The van der Waals surface area contributed by atoms with Crippen molar-refractivity contribution in [3.8, 4) is 0 Å². The molecule has 0 spiro atoms. The van der Waals surface area contributed by atoms with Gasteiger partial charge in [-0.3, -0.25) is 0 Å². The predicted octanol–water partition coefficient (Wildman–Crippen LogP) is 1.44. The van der Waals surface area contributed by atoms with E-state index in [9.17, 15) is 0 Å². The van der Waals surface area contributed by atoms with Crippen LogP contribution in [0.2, 0.25) is 0 Å². The lowest BCUT2D eigenvalue weighted by molar-refractivity contribution is 0.193. The highest BCUT2D eigenvalue weighted by atomic mass is 35.5. The fourth-order valence-corrected chi connectivity index (χ4v) is 1.73. The van der Waals surface area contributed by atoms with Gasteiger partial charge in [0.25, 0.3) is 0 Å². The molecule has 1 saturated heterocycles. The van der Waals surface area contributed by atoms with E-state index < -0.39 is 0 Å². The van der Waals surface area contributed by atoms with Crippen molar-refractivity contribution in [3.63, 3.8) is 0 Å². The Morgan fingerprint density at radius 3 is 2.80 bits per heavy atom. The van der Waals surface area contributed by atoms with Gasteiger partial charge in [-0.15, -0.1) is 11.6 Å². The molecule has 1 atom stereocenters. The molecule has 2 rings (SSSR count). The number of hydrogen-bond acceptors (Lipinski definition) is 4. The maximum Gasteiger partial charge on any atom is 0.225 e. The Kier molecular flexibility index (Phi) is 3.38. The monoisotopic (exact) mass is 227 g/mol. The van der Waals surface area contributed by atoms with Crippen LogP contribution < -0.4 is 4.90 Å². The zero-order chi connectivity index (χ0) is 10.7. The molecule has 82 valence electrons. The third kappa shape index (κ3) is 2.38. The minimum Gasteiger partial charge on any atom is -0.379 e. The molecule has 0 saturated carbocycles. The van der Waals surface area contributed by atoms with Gasteiger partial charge in [0.2, 0.25) is 5.95 Å². The van der Waals surface area contributed by atoms with Gasteiger partial charge in [-0.1, -0.05) is 0 Å². The largest absolute Gasteiger partial charge is 0.379 e. The van der Waals surface area contributed by atoms with Crippen LogP contribution in [-0.4, -0.2) is 36.3 Å². The molecule has 1 aromatic heterocycles. The molecule has 0 N–H and O–H groups in total. The molecular weight excluding hydrogens is 214 g/mol. The second-order valence-electron chi connectivity index (χ2n) is 3.65.